The Hall–Kier alpha value is -0.340. The number of hydrogen-bond donors (Lipinski definition) is 0. The normalized spacial score (nSPS) is 12.3. The Balaban J connectivity index is 3.73. The highest BCUT2D eigenvalue weighted by atomic mass is 32.3. The zero-order valence-corrected chi connectivity index (χ0v) is 6.69. The third-order valence-electron chi connectivity index (χ3n) is 0.643. The number of alkyl halides is 3. The molecule has 0 saturated carbocycles. The Bertz CT molecular complexity index is 202. The number of rotatable bonds is 6. The monoisotopic (exact) mass is 208 g/mol. The molecule has 0 bridgehead atoms. The lowest BCUT2D eigenvalue weighted by atomic mass is 10.8. The first-order chi connectivity index (χ1) is 5.48. The minimum atomic E-state index is -4.46. The van der Waals surface area contributed by atoms with E-state index in [0.717, 1.165) is 0 Å². The molecule has 0 aromatic heterocycles. The van der Waals surface area contributed by atoms with Crippen LogP contribution in [0.2, 0.25) is 0 Å². The van der Waals surface area contributed by atoms with Gasteiger partial charge in [0.05, 0.1) is 6.61 Å². The molecule has 0 radical (unpaired) electrons. The molecule has 0 N–H and O–H groups in total. The standard InChI is InChI=1S/C4H7F3O4S/c5-1-2-10-12(8,9)11-3-4(6)7/h4H,1-3H2. The molecule has 74 valence electrons. The first-order valence-electron chi connectivity index (χ1n) is 2.86. The van der Waals surface area contributed by atoms with Gasteiger partial charge in [-0.3, -0.25) is 0 Å². The van der Waals surface area contributed by atoms with E-state index in [9.17, 15) is 21.6 Å². The van der Waals surface area contributed by atoms with Crippen LogP contribution in [0.5, 0.6) is 0 Å². The molecule has 4 nitrogen and oxygen atoms in total. The van der Waals surface area contributed by atoms with Crippen molar-refractivity contribution in [3.8, 4) is 0 Å². The molecular formula is C4H7F3O4S. The molecule has 0 amide bonds. The van der Waals surface area contributed by atoms with Crippen LogP contribution in [-0.2, 0) is 18.8 Å². The third kappa shape index (κ3) is 6.38. The van der Waals surface area contributed by atoms with Crippen LogP contribution < -0.4 is 0 Å². The Morgan fingerprint density at radius 1 is 1.25 bits per heavy atom. The summed E-state index contributed by atoms with van der Waals surface area (Å²) in [6, 6.07) is 0. The van der Waals surface area contributed by atoms with E-state index in [-0.39, 0.29) is 0 Å². The molecule has 0 fully saturated rings. The van der Waals surface area contributed by atoms with Crippen LogP contribution in [-0.4, -0.2) is 34.7 Å². The van der Waals surface area contributed by atoms with Gasteiger partial charge in [0.25, 0.3) is 6.43 Å². The van der Waals surface area contributed by atoms with Crippen molar-refractivity contribution < 1.29 is 30.0 Å². The van der Waals surface area contributed by atoms with Crippen LogP contribution in [0, 0.1) is 0 Å². The van der Waals surface area contributed by atoms with Gasteiger partial charge < -0.3 is 0 Å². The van der Waals surface area contributed by atoms with E-state index in [1.165, 1.54) is 0 Å². The van der Waals surface area contributed by atoms with Gasteiger partial charge in [-0.2, -0.15) is 8.42 Å². The van der Waals surface area contributed by atoms with Crippen molar-refractivity contribution >= 4 is 10.4 Å². The second kappa shape index (κ2) is 5.33. The summed E-state index contributed by atoms with van der Waals surface area (Å²) in [6.07, 6.45) is -2.91. The Labute approximate surface area is 67.6 Å². The van der Waals surface area contributed by atoms with Crippen molar-refractivity contribution in [2.45, 2.75) is 6.43 Å². The van der Waals surface area contributed by atoms with Crippen molar-refractivity contribution in [2.24, 2.45) is 0 Å². The highest BCUT2D eigenvalue weighted by Crippen LogP contribution is 2.00. The molecule has 0 atom stereocenters. The minimum absolute atomic E-state index is 0.731. The summed E-state index contributed by atoms with van der Waals surface area (Å²) < 4.78 is 62.2. The van der Waals surface area contributed by atoms with Gasteiger partial charge >= 0.3 is 10.4 Å². The predicted octanol–water partition coefficient (Wildman–Crippen LogP) is 0.499. The van der Waals surface area contributed by atoms with Gasteiger partial charge in [0.15, 0.2) is 0 Å². The average molecular weight is 208 g/mol. The maximum absolute atomic E-state index is 11.4. The summed E-state index contributed by atoms with van der Waals surface area (Å²) in [6.45, 7) is -3.04. The summed E-state index contributed by atoms with van der Waals surface area (Å²) in [4.78, 5) is 0. The lowest BCUT2D eigenvalue weighted by Gasteiger charge is -2.02. The summed E-state index contributed by atoms with van der Waals surface area (Å²) in [5.41, 5.74) is 0. The van der Waals surface area contributed by atoms with Crippen LogP contribution in [0.15, 0.2) is 0 Å². The van der Waals surface area contributed by atoms with E-state index in [2.05, 4.69) is 8.37 Å². The maximum Gasteiger partial charge on any atom is 0.400 e. The lowest BCUT2D eigenvalue weighted by Crippen LogP contribution is -2.15. The van der Waals surface area contributed by atoms with Crippen molar-refractivity contribution in [1.29, 1.82) is 0 Å². The first-order valence-corrected chi connectivity index (χ1v) is 4.19. The van der Waals surface area contributed by atoms with Gasteiger partial charge in [0, 0.05) is 0 Å². The van der Waals surface area contributed by atoms with Gasteiger partial charge in [-0.1, -0.05) is 0 Å². The molecular weight excluding hydrogens is 201 g/mol. The third-order valence-corrected chi connectivity index (χ3v) is 1.52. The van der Waals surface area contributed by atoms with Crippen LogP contribution >= 0.6 is 0 Å². The molecule has 0 saturated heterocycles. The molecule has 0 aliphatic carbocycles. The van der Waals surface area contributed by atoms with Gasteiger partial charge in [-0.25, -0.2) is 21.5 Å². The van der Waals surface area contributed by atoms with Crippen LogP contribution in [0.3, 0.4) is 0 Å². The van der Waals surface area contributed by atoms with Gasteiger partial charge in [-0.15, -0.1) is 0 Å². The second-order valence-electron chi connectivity index (χ2n) is 1.59. The average Bonchev–Trinajstić information content (AvgIpc) is 1.98. The molecule has 12 heavy (non-hydrogen) atoms. The Kier molecular flexibility index (Phi) is 5.18. The molecule has 0 rings (SSSR count). The second-order valence-corrected chi connectivity index (χ2v) is 2.88. The van der Waals surface area contributed by atoms with Crippen molar-refractivity contribution in [2.75, 3.05) is 19.9 Å². The van der Waals surface area contributed by atoms with Gasteiger partial charge in [0.2, 0.25) is 0 Å². The Morgan fingerprint density at radius 2 is 1.83 bits per heavy atom. The van der Waals surface area contributed by atoms with E-state index in [1.54, 1.807) is 0 Å². The highest BCUT2D eigenvalue weighted by Gasteiger charge is 2.14. The first kappa shape index (κ1) is 11.7. The topological polar surface area (TPSA) is 52.6 Å². The number of halogens is 3. The molecule has 0 spiro atoms. The zero-order valence-electron chi connectivity index (χ0n) is 5.87. The van der Waals surface area contributed by atoms with E-state index >= 15 is 0 Å². The fourth-order valence-electron chi connectivity index (χ4n) is 0.302. The quantitative estimate of drug-likeness (QED) is 0.637. The van der Waals surface area contributed by atoms with E-state index < -0.39 is 36.7 Å². The summed E-state index contributed by atoms with van der Waals surface area (Å²) >= 11 is 0. The SMILES string of the molecule is O=S(=O)(OCCF)OCC(F)F. The van der Waals surface area contributed by atoms with E-state index in [0.29, 0.717) is 0 Å². The fourth-order valence-corrected chi connectivity index (χ4v) is 0.907. The van der Waals surface area contributed by atoms with Crippen LogP contribution in [0.1, 0.15) is 0 Å². The molecule has 0 heterocycles. The smallest absolute Gasteiger partial charge is 0.249 e. The fraction of sp³-hybridized carbons (Fsp3) is 1.00. The molecule has 0 aromatic carbocycles. The maximum atomic E-state index is 11.4. The van der Waals surface area contributed by atoms with Gasteiger partial charge in [-0.05, 0) is 0 Å². The van der Waals surface area contributed by atoms with Crippen LogP contribution in [0.4, 0.5) is 13.2 Å². The predicted molar refractivity (Wildman–Crippen MR) is 32.8 cm³/mol. The Morgan fingerprint density at radius 3 is 2.25 bits per heavy atom. The molecule has 0 aliphatic rings. The summed E-state index contributed by atoms with van der Waals surface area (Å²) in [5, 5.41) is 0. The summed E-state index contributed by atoms with van der Waals surface area (Å²) in [7, 11) is -4.46. The summed E-state index contributed by atoms with van der Waals surface area (Å²) in [5.74, 6) is 0. The minimum Gasteiger partial charge on any atom is -0.249 e. The zero-order chi connectivity index (χ0) is 9.61. The van der Waals surface area contributed by atoms with Crippen molar-refractivity contribution in [3.63, 3.8) is 0 Å². The number of hydrogen-bond acceptors (Lipinski definition) is 4. The van der Waals surface area contributed by atoms with E-state index in [1.807, 2.05) is 0 Å². The molecule has 0 aromatic rings. The van der Waals surface area contributed by atoms with Crippen molar-refractivity contribution in [1.82, 2.24) is 0 Å². The van der Waals surface area contributed by atoms with Crippen LogP contribution in [0.25, 0.3) is 0 Å². The molecule has 8 heteroatoms. The lowest BCUT2D eigenvalue weighted by molar-refractivity contribution is 0.0725. The van der Waals surface area contributed by atoms with Gasteiger partial charge in [0.1, 0.15) is 13.3 Å². The van der Waals surface area contributed by atoms with Crippen molar-refractivity contribution in [3.05, 3.63) is 0 Å². The molecule has 0 unspecified atom stereocenters. The van der Waals surface area contributed by atoms with E-state index in [4.69, 9.17) is 0 Å². The largest absolute Gasteiger partial charge is 0.400 e. The molecule has 0 aliphatic heterocycles. The highest BCUT2D eigenvalue weighted by molar-refractivity contribution is 7.81.